The predicted octanol–water partition coefficient (Wildman–Crippen LogP) is 3.02. The zero-order valence-corrected chi connectivity index (χ0v) is 14.5. The third kappa shape index (κ3) is 4.69. The van der Waals surface area contributed by atoms with Gasteiger partial charge in [-0.1, -0.05) is 48.5 Å². The van der Waals surface area contributed by atoms with Crippen molar-refractivity contribution in [2.24, 2.45) is 0 Å². The molecular weight excluding hydrogens is 300 g/mol. The first-order valence-corrected chi connectivity index (χ1v) is 8.14. The maximum absolute atomic E-state index is 12.0. The molecule has 24 heavy (non-hydrogen) atoms. The highest BCUT2D eigenvalue weighted by Gasteiger charge is 2.16. The molecule has 0 saturated heterocycles. The van der Waals surface area contributed by atoms with E-state index in [0.717, 1.165) is 22.4 Å². The summed E-state index contributed by atoms with van der Waals surface area (Å²) < 4.78 is 0. The maximum atomic E-state index is 12.0. The zero-order valence-electron chi connectivity index (χ0n) is 14.5. The number of rotatable bonds is 6. The van der Waals surface area contributed by atoms with Crippen molar-refractivity contribution in [1.82, 2.24) is 5.32 Å². The molecule has 1 N–H and O–H groups in total. The number of hydrogen-bond donors (Lipinski definition) is 1. The van der Waals surface area contributed by atoms with Gasteiger partial charge >= 0.3 is 0 Å². The van der Waals surface area contributed by atoms with E-state index in [0.29, 0.717) is 19.5 Å². The first-order valence-electron chi connectivity index (χ1n) is 8.14. The number of para-hydroxylation sites is 1. The van der Waals surface area contributed by atoms with Crippen LogP contribution in [0.25, 0.3) is 0 Å². The van der Waals surface area contributed by atoms with E-state index in [1.807, 2.05) is 62.4 Å². The number of nitrogens with zero attached hydrogens (tertiary/aromatic N) is 1. The van der Waals surface area contributed by atoms with Gasteiger partial charge in [-0.3, -0.25) is 9.59 Å². The van der Waals surface area contributed by atoms with Crippen molar-refractivity contribution in [3.63, 3.8) is 0 Å². The summed E-state index contributed by atoms with van der Waals surface area (Å²) in [6.45, 7) is 6.43. The van der Waals surface area contributed by atoms with E-state index >= 15 is 0 Å². The standard InChI is InChI=1S/C20H24N2O2/c1-15-8-7-9-16(2)20(15)22(17(3)23)13-12-21-19(24)14-18-10-5-4-6-11-18/h4-11H,12-14H2,1-3H3,(H,21,24). The second kappa shape index (κ2) is 8.29. The van der Waals surface area contributed by atoms with Crippen molar-refractivity contribution in [1.29, 1.82) is 0 Å². The molecule has 0 radical (unpaired) electrons. The molecule has 2 amide bonds. The second-order valence-corrected chi connectivity index (χ2v) is 5.92. The van der Waals surface area contributed by atoms with Gasteiger partial charge in [0, 0.05) is 25.7 Å². The van der Waals surface area contributed by atoms with Crippen LogP contribution in [-0.2, 0) is 16.0 Å². The van der Waals surface area contributed by atoms with Crippen molar-refractivity contribution in [2.75, 3.05) is 18.0 Å². The molecule has 0 aliphatic heterocycles. The smallest absolute Gasteiger partial charge is 0.224 e. The monoisotopic (exact) mass is 324 g/mol. The summed E-state index contributed by atoms with van der Waals surface area (Å²) in [6.07, 6.45) is 0.351. The number of aryl methyl sites for hydroxylation is 2. The van der Waals surface area contributed by atoms with Crippen LogP contribution in [0.2, 0.25) is 0 Å². The van der Waals surface area contributed by atoms with Gasteiger partial charge in [-0.05, 0) is 30.5 Å². The summed E-state index contributed by atoms with van der Waals surface area (Å²) >= 11 is 0. The Hall–Kier alpha value is -2.62. The van der Waals surface area contributed by atoms with Gasteiger partial charge in [-0.2, -0.15) is 0 Å². The van der Waals surface area contributed by atoms with Gasteiger partial charge in [0.25, 0.3) is 0 Å². The fraction of sp³-hybridized carbons (Fsp3) is 0.300. The Balaban J connectivity index is 1.95. The topological polar surface area (TPSA) is 49.4 Å². The lowest BCUT2D eigenvalue weighted by atomic mass is 10.1. The van der Waals surface area contributed by atoms with Gasteiger partial charge in [-0.25, -0.2) is 0 Å². The van der Waals surface area contributed by atoms with Crippen molar-refractivity contribution in [2.45, 2.75) is 27.2 Å². The number of carbonyl (C=O) groups is 2. The molecule has 0 aliphatic rings. The Labute approximate surface area is 143 Å². The minimum Gasteiger partial charge on any atom is -0.354 e. The van der Waals surface area contributed by atoms with Crippen LogP contribution in [0.1, 0.15) is 23.6 Å². The van der Waals surface area contributed by atoms with Gasteiger partial charge in [0.15, 0.2) is 0 Å². The van der Waals surface area contributed by atoms with E-state index in [-0.39, 0.29) is 11.8 Å². The highest BCUT2D eigenvalue weighted by molar-refractivity contribution is 5.93. The van der Waals surface area contributed by atoms with E-state index < -0.39 is 0 Å². The molecule has 2 aromatic rings. The maximum Gasteiger partial charge on any atom is 0.224 e. The van der Waals surface area contributed by atoms with E-state index in [1.54, 1.807) is 11.8 Å². The summed E-state index contributed by atoms with van der Waals surface area (Å²) in [6, 6.07) is 15.6. The van der Waals surface area contributed by atoms with Crippen LogP contribution in [0, 0.1) is 13.8 Å². The van der Waals surface area contributed by atoms with E-state index in [9.17, 15) is 9.59 Å². The van der Waals surface area contributed by atoms with Gasteiger partial charge in [-0.15, -0.1) is 0 Å². The van der Waals surface area contributed by atoms with Gasteiger partial charge in [0.1, 0.15) is 0 Å². The molecule has 0 aromatic heterocycles. The quantitative estimate of drug-likeness (QED) is 0.888. The van der Waals surface area contributed by atoms with Gasteiger partial charge in [0.05, 0.1) is 6.42 Å². The van der Waals surface area contributed by atoms with Crippen LogP contribution >= 0.6 is 0 Å². The molecule has 0 saturated carbocycles. The van der Waals surface area contributed by atoms with Crippen LogP contribution in [0.4, 0.5) is 5.69 Å². The lowest BCUT2D eigenvalue weighted by molar-refractivity contribution is -0.121. The van der Waals surface area contributed by atoms with E-state index in [4.69, 9.17) is 0 Å². The molecule has 2 aromatic carbocycles. The van der Waals surface area contributed by atoms with Crippen molar-refractivity contribution in [3.8, 4) is 0 Å². The summed E-state index contributed by atoms with van der Waals surface area (Å²) in [5.74, 6) is -0.0593. The fourth-order valence-electron chi connectivity index (χ4n) is 2.81. The second-order valence-electron chi connectivity index (χ2n) is 5.92. The van der Waals surface area contributed by atoms with Crippen LogP contribution in [-0.4, -0.2) is 24.9 Å². The molecule has 0 heterocycles. The van der Waals surface area contributed by atoms with Gasteiger partial charge < -0.3 is 10.2 Å². The molecule has 4 heteroatoms. The molecule has 0 bridgehead atoms. The van der Waals surface area contributed by atoms with Crippen LogP contribution in [0.5, 0.6) is 0 Å². The Bertz CT molecular complexity index is 691. The van der Waals surface area contributed by atoms with Crippen molar-refractivity contribution < 1.29 is 9.59 Å². The number of anilines is 1. The Morgan fingerprint density at radius 1 is 0.958 bits per heavy atom. The average Bonchev–Trinajstić information content (AvgIpc) is 2.53. The molecule has 0 atom stereocenters. The number of amides is 2. The minimum absolute atomic E-state index is 0.0234. The minimum atomic E-state index is -0.0359. The Kier molecular flexibility index (Phi) is 6.13. The fourth-order valence-corrected chi connectivity index (χ4v) is 2.81. The number of benzene rings is 2. The van der Waals surface area contributed by atoms with E-state index in [2.05, 4.69) is 5.32 Å². The third-order valence-electron chi connectivity index (χ3n) is 3.95. The molecule has 0 spiro atoms. The molecular formula is C20H24N2O2. The lowest BCUT2D eigenvalue weighted by Gasteiger charge is -2.25. The molecule has 0 fully saturated rings. The molecule has 2 rings (SSSR count). The molecule has 4 nitrogen and oxygen atoms in total. The largest absolute Gasteiger partial charge is 0.354 e. The lowest BCUT2D eigenvalue weighted by Crippen LogP contribution is -2.38. The van der Waals surface area contributed by atoms with Crippen LogP contribution in [0.3, 0.4) is 0 Å². The molecule has 0 unspecified atom stereocenters. The highest BCUT2D eigenvalue weighted by atomic mass is 16.2. The summed E-state index contributed by atoms with van der Waals surface area (Å²) in [4.78, 5) is 25.8. The van der Waals surface area contributed by atoms with Crippen LogP contribution in [0.15, 0.2) is 48.5 Å². The molecule has 126 valence electrons. The number of nitrogens with one attached hydrogen (secondary N) is 1. The van der Waals surface area contributed by atoms with E-state index in [1.165, 1.54) is 0 Å². The van der Waals surface area contributed by atoms with Crippen molar-refractivity contribution >= 4 is 17.5 Å². The summed E-state index contributed by atoms with van der Waals surface area (Å²) in [5.41, 5.74) is 4.03. The SMILES string of the molecule is CC(=O)N(CCNC(=O)Cc1ccccc1)c1c(C)cccc1C. The Morgan fingerprint density at radius 3 is 2.17 bits per heavy atom. The summed E-state index contributed by atoms with van der Waals surface area (Å²) in [7, 11) is 0. The number of hydrogen-bond acceptors (Lipinski definition) is 2. The Morgan fingerprint density at radius 2 is 1.58 bits per heavy atom. The first kappa shape index (κ1) is 17.7. The predicted molar refractivity (Wildman–Crippen MR) is 97.1 cm³/mol. The third-order valence-corrected chi connectivity index (χ3v) is 3.95. The zero-order chi connectivity index (χ0) is 17.5. The van der Waals surface area contributed by atoms with Crippen molar-refractivity contribution in [3.05, 3.63) is 65.2 Å². The van der Waals surface area contributed by atoms with Gasteiger partial charge in [0.2, 0.25) is 11.8 Å². The average molecular weight is 324 g/mol. The van der Waals surface area contributed by atoms with Crippen LogP contribution < -0.4 is 10.2 Å². The normalized spacial score (nSPS) is 10.3. The molecule has 0 aliphatic carbocycles. The highest BCUT2D eigenvalue weighted by Crippen LogP contribution is 2.24. The number of carbonyl (C=O) groups excluding carboxylic acids is 2. The first-order chi connectivity index (χ1) is 11.5. The summed E-state index contributed by atoms with van der Waals surface area (Å²) in [5, 5.41) is 2.89.